The molecule has 1 N–H and O–H groups in total. The number of para-hydroxylation sites is 2. The number of H-pyrrole nitrogens is 1. The fraction of sp³-hybridized carbons (Fsp3) is 0.0455. The number of ether oxygens (including phenoxy) is 1. The van der Waals surface area contributed by atoms with Crippen molar-refractivity contribution in [3.05, 3.63) is 76.2 Å². The van der Waals surface area contributed by atoms with Crippen LogP contribution in [0.2, 0.25) is 0 Å². The minimum absolute atomic E-state index is 0.339. The predicted molar refractivity (Wildman–Crippen MR) is 113 cm³/mol. The summed E-state index contributed by atoms with van der Waals surface area (Å²) in [6.07, 6.45) is 1.61. The number of halogens is 1. The highest BCUT2D eigenvalue weighted by Gasteiger charge is 2.17. The molecule has 29 heavy (non-hydrogen) atoms. The molecule has 0 spiro atoms. The van der Waals surface area contributed by atoms with E-state index < -0.39 is 5.97 Å². The van der Waals surface area contributed by atoms with Crippen LogP contribution >= 0.6 is 15.9 Å². The predicted octanol–water partition coefficient (Wildman–Crippen LogP) is 5.44. The molecule has 0 aliphatic rings. The molecule has 0 aliphatic heterocycles. The quantitative estimate of drug-likeness (QED) is 0.332. The Kier molecular flexibility index (Phi) is 5.02. The highest BCUT2D eigenvalue weighted by Crippen LogP contribution is 2.30. The Balaban J connectivity index is 1.72. The number of hydrogen-bond donors (Lipinski definition) is 1. The second-order valence-electron chi connectivity index (χ2n) is 6.16. The first-order valence-corrected chi connectivity index (χ1v) is 9.43. The molecule has 6 nitrogen and oxygen atoms in total. The zero-order chi connectivity index (χ0) is 20.4. The van der Waals surface area contributed by atoms with Crippen LogP contribution in [0, 0.1) is 11.3 Å². The van der Waals surface area contributed by atoms with E-state index >= 15 is 0 Å². The third-order valence-electron chi connectivity index (χ3n) is 4.33. The van der Waals surface area contributed by atoms with Crippen LogP contribution < -0.4 is 0 Å². The highest BCUT2D eigenvalue weighted by molar-refractivity contribution is 9.10. The summed E-state index contributed by atoms with van der Waals surface area (Å²) < 4.78 is 11.5. The Bertz CT molecular complexity index is 1260. The molecule has 0 radical (unpaired) electrons. The normalized spacial score (nSPS) is 11.4. The monoisotopic (exact) mass is 447 g/mol. The summed E-state index contributed by atoms with van der Waals surface area (Å²) in [7, 11) is 1.33. The van der Waals surface area contributed by atoms with Crippen LogP contribution in [0.25, 0.3) is 34.0 Å². The smallest absolute Gasteiger partial charge is 0.338 e. The van der Waals surface area contributed by atoms with Crippen LogP contribution in [0.5, 0.6) is 0 Å². The molecular weight excluding hydrogens is 434 g/mol. The van der Waals surface area contributed by atoms with Crippen LogP contribution in [-0.4, -0.2) is 23.0 Å². The van der Waals surface area contributed by atoms with E-state index in [4.69, 9.17) is 9.15 Å². The van der Waals surface area contributed by atoms with E-state index in [1.165, 1.54) is 7.11 Å². The van der Waals surface area contributed by atoms with Crippen molar-refractivity contribution in [3.63, 3.8) is 0 Å². The molecule has 2 heterocycles. The standard InChI is InChI=1S/C22H14BrN3O3/c1-28-22(27)17-11-14(23)6-8-16(17)20-9-7-15(29-20)10-13(12-24)21-25-18-4-2-3-5-19(18)26-21/h2-11H,1H3,(H,25,26)/b13-10+. The van der Waals surface area contributed by atoms with Gasteiger partial charge in [0, 0.05) is 16.1 Å². The van der Waals surface area contributed by atoms with Gasteiger partial charge in [0.05, 0.1) is 29.3 Å². The van der Waals surface area contributed by atoms with Crippen molar-refractivity contribution in [2.75, 3.05) is 7.11 Å². The molecule has 4 rings (SSSR count). The minimum Gasteiger partial charge on any atom is -0.465 e. The van der Waals surface area contributed by atoms with Gasteiger partial charge in [-0.25, -0.2) is 9.78 Å². The van der Waals surface area contributed by atoms with Gasteiger partial charge in [-0.15, -0.1) is 0 Å². The Morgan fingerprint density at radius 2 is 2.07 bits per heavy atom. The molecule has 4 aromatic rings. The van der Waals surface area contributed by atoms with E-state index in [0.717, 1.165) is 15.5 Å². The number of nitrogens with one attached hydrogen (secondary N) is 1. The van der Waals surface area contributed by atoms with E-state index in [9.17, 15) is 10.1 Å². The number of methoxy groups -OCH3 is 1. The molecule has 2 aromatic heterocycles. The summed E-state index contributed by atoms with van der Waals surface area (Å²) in [4.78, 5) is 19.7. The first-order chi connectivity index (χ1) is 14.1. The number of fused-ring (bicyclic) bond motifs is 1. The van der Waals surface area contributed by atoms with Gasteiger partial charge in [0.25, 0.3) is 0 Å². The zero-order valence-electron chi connectivity index (χ0n) is 15.3. The van der Waals surface area contributed by atoms with Crippen molar-refractivity contribution in [1.29, 1.82) is 5.26 Å². The lowest BCUT2D eigenvalue weighted by molar-refractivity contribution is 0.0601. The SMILES string of the molecule is COC(=O)c1cc(Br)ccc1-c1ccc(/C=C(\C#N)c2nc3ccccc3[nH]2)o1. The van der Waals surface area contributed by atoms with Gasteiger partial charge < -0.3 is 14.1 Å². The Labute approximate surface area is 174 Å². The number of esters is 1. The molecule has 0 unspecified atom stereocenters. The average Bonchev–Trinajstić information content (AvgIpc) is 3.38. The lowest BCUT2D eigenvalue weighted by atomic mass is 10.1. The van der Waals surface area contributed by atoms with Gasteiger partial charge in [-0.1, -0.05) is 28.1 Å². The zero-order valence-corrected chi connectivity index (χ0v) is 16.9. The maximum absolute atomic E-state index is 12.1. The number of imidazole rings is 1. The maximum atomic E-state index is 12.1. The van der Waals surface area contributed by atoms with Gasteiger partial charge in [-0.3, -0.25) is 0 Å². The van der Waals surface area contributed by atoms with Gasteiger partial charge in [-0.05, 0) is 42.5 Å². The van der Waals surface area contributed by atoms with Crippen LogP contribution in [0.3, 0.4) is 0 Å². The third-order valence-corrected chi connectivity index (χ3v) is 4.82. The number of nitrogens with zero attached hydrogens (tertiary/aromatic N) is 2. The Morgan fingerprint density at radius 1 is 1.24 bits per heavy atom. The molecule has 0 atom stereocenters. The van der Waals surface area contributed by atoms with Crippen molar-refractivity contribution in [2.24, 2.45) is 0 Å². The summed E-state index contributed by atoms with van der Waals surface area (Å²) >= 11 is 3.36. The van der Waals surface area contributed by atoms with Gasteiger partial charge in [-0.2, -0.15) is 5.26 Å². The first-order valence-electron chi connectivity index (χ1n) is 8.64. The van der Waals surface area contributed by atoms with Gasteiger partial charge in [0.1, 0.15) is 23.4 Å². The fourth-order valence-corrected chi connectivity index (χ4v) is 3.32. The number of hydrogen-bond acceptors (Lipinski definition) is 5. The summed E-state index contributed by atoms with van der Waals surface area (Å²) in [5, 5.41) is 9.58. The van der Waals surface area contributed by atoms with Crippen LogP contribution in [0.4, 0.5) is 0 Å². The largest absolute Gasteiger partial charge is 0.465 e. The van der Waals surface area contributed by atoms with E-state index in [1.807, 2.05) is 30.3 Å². The van der Waals surface area contributed by atoms with E-state index in [2.05, 4.69) is 32.0 Å². The first kappa shape index (κ1) is 18.7. The lowest BCUT2D eigenvalue weighted by Crippen LogP contribution is -2.03. The number of benzene rings is 2. The third kappa shape index (κ3) is 3.71. The van der Waals surface area contributed by atoms with Crippen LogP contribution in [0.1, 0.15) is 21.9 Å². The molecule has 0 fully saturated rings. The number of carbonyl (C=O) groups is 1. The molecule has 0 saturated carbocycles. The Morgan fingerprint density at radius 3 is 2.83 bits per heavy atom. The molecule has 142 valence electrons. The van der Waals surface area contributed by atoms with Gasteiger partial charge >= 0.3 is 5.97 Å². The molecule has 0 bridgehead atoms. The van der Waals surface area contributed by atoms with Crippen molar-refractivity contribution >= 4 is 44.6 Å². The van der Waals surface area contributed by atoms with Gasteiger partial charge in [0.2, 0.25) is 0 Å². The summed E-state index contributed by atoms with van der Waals surface area (Å²) in [6.45, 7) is 0. The van der Waals surface area contributed by atoms with E-state index in [0.29, 0.717) is 34.0 Å². The van der Waals surface area contributed by atoms with Crippen LogP contribution in [0.15, 0.2) is 63.5 Å². The molecule has 2 aromatic carbocycles. The fourth-order valence-electron chi connectivity index (χ4n) is 2.96. The van der Waals surface area contributed by atoms with E-state index in [1.54, 1.807) is 30.3 Å². The number of aromatic amines is 1. The molecule has 7 heteroatoms. The summed E-state index contributed by atoms with van der Waals surface area (Å²) in [5.41, 5.74) is 2.94. The lowest BCUT2D eigenvalue weighted by Gasteiger charge is -2.06. The topological polar surface area (TPSA) is 91.9 Å². The van der Waals surface area contributed by atoms with Gasteiger partial charge in [0.15, 0.2) is 0 Å². The second-order valence-corrected chi connectivity index (χ2v) is 7.07. The van der Waals surface area contributed by atoms with E-state index in [-0.39, 0.29) is 0 Å². The number of nitriles is 1. The van der Waals surface area contributed by atoms with Crippen molar-refractivity contribution < 1.29 is 13.9 Å². The molecule has 0 aliphatic carbocycles. The minimum atomic E-state index is -0.463. The maximum Gasteiger partial charge on any atom is 0.338 e. The average molecular weight is 448 g/mol. The number of allylic oxidation sites excluding steroid dienone is 1. The molecular formula is C22H14BrN3O3. The second kappa shape index (κ2) is 7.78. The highest BCUT2D eigenvalue weighted by atomic mass is 79.9. The number of rotatable bonds is 4. The Hall–Kier alpha value is -3.63. The van der Waals surface area contributed by atoms with Crippen molar-refractivity contribution in [1.82, 2.24) is 9.97 Å². The summed E-state index contributed by atoms with van der Waals surface area (Å²) in [5.74, 6) is 0.960. The number of aromatic nitrogens is 2. The van der Waals surface area contributed by atoms with Crippen molar-refractivity contribution in [2.45, 2.75) is 0 Å². The molecule has 0 saturated heterocycles. The van der Waals surface area contributed by atoms with Crippen LogP contribution in [-0.2, 0) is 4.74 Å². The number of furan rings is 1. The van der Waals surface area contributed by atoms with Crippen molar-refractivity contribution in [3.8, 4) is 17.4 Å². The molecule has 0 amide bonds. The summed E-state index contributed by atoms with van der Waals surface area (Å²) in [6, 6.07) is 18.4. The number of carbonyl (C=O) groups excluding carboxylic acids is 1.